The van der Waals surface area contributed by atoms with Gasteiger partial charge in [0.15, 0.2) is 0 Å². The minimum atomic E-state index is 1.20. The molecule has 22 heavy (non-hydrogen) atoms. The summed E-state index contributed by atoms with van der Waals surface area (Å²) in [4.78, 5) is 1.29. The van der Waals surface area contributed by atoms with Crippen LogP contribution in [0.25, 0.3) is 35.7 Å². The Hall–Kier alpha value is -1.95. The van der Waals surface area contributed by atoms with E-state index in [9.17, 15) is 0 Å². The summed E-state index contributed by atoms with van der Waals surface area (Å²) in [5.41, 5.74) is 2.49. The number of fused-ring (bicyclic) bond motifs is 3. The van der Waals surface area contributed by atoms with Crippen molar-refractivity contribution in [2.75, 3.05) is 0 Å². The van der Waals surface area contributed by atoms with Gasteiger partial charge in [0.2, 0.25) is 0 Å². The second-order valence-corrected chi connectivity index (χ2v) is 7.91. The van der Waals surface area contributed by atoms with Gasteiger partial charge in [0, 0.05) is 20.5 Å². The molecule has 1 aromatic carbocycles. The molecular formula is C17H10N2S3. The van der Waals surface area contributed by atoms with E-state index < -0.39 is 0 Å². The Balaban J connectivity index is 1.83. The third-order valence-corrected chi connectivity index (χ3v) is 6.61. The average molecular weight is 338 g/mol. The minimum absolute atomic E-state index is 1.20. The third-order valence-electron chi connectivity index (χ3n) is 3.72. The van der Waals surface area contributed by atoms with Gasteiger partial charge in [0.25, 0.3) is 0 Å². The molecule has 2 nitrogen and oxygen atoms in total. The van der Waals surface area contributed by atoms with Gasteiger partial charge < -0.3 is 0 Å². The van der Waals surface area contributed by atoms with Gasteiger partial charge in [-0.05, 0) is 29.0 Å². The van der Waals surface area contributed by atoms with Crippen LogP contribution in [-0.2, 0) is 0 Å². The van der Waals surface area contributed by atoms with Gasteiger partial charge >= 0.3 is 0 Å². The second-order valence-electron chi connectivity index (χ2n) is 4.98. The molecule has 4 heterocycles. The van der Waals surface area contributed by atoms with Crippen molar-refractivity contribution in [1.29, 1.82) is 0 Å². The number of nitrogens with zero attached hydrogens (tertiary/aromatic N) is 2. The molecular weight excluding hydrogens is 328 g/mol. The van der Waals surface area contributed by atoms with Crippen LogP contribution in [0.15, 0.2) is 59.4 Å². The zero-order chi connectivity index (χ0) is 14.5. The summed E-state index contributed by atoms with van der Waals surface area (Å²) in [7, 11) is 0. The molecule has 4 aromatic heterocycles. The first kappa shape index (κ1) is 12.6. The molecule has 5 rings (SSSR count). The van der Waals surface area contributed by atoms with Crippen LogP contribution < -0.4 is 0 Å². The SMILES string of the molecule is c1csc(-c2ccsc2-n2ncc3sc4ccccc4c32)c1. The fraction of sp³-hybridized carbons (Fsp3) is 0. The van der Waals surface area contributed by atoms with Gasteiger partial charge in [0.05, 0.1) is 16.4 Å². The van der Waals surface area contributed by atoms with Crippen molar-refractivity contribution in [3.63, 3.8) is 0 Å². The number of rotatable bonds is 2. The average Bonchev–Trinajstić information content (AvgIpc) is 3.29. The molecule has 0 amide bonds. The van der Waals surface area contributed by atoms with E-state index in [-0.39, 0.29) is 0 Å². The maximum absolute atomic E-state index is 4.66. The molecule has 0 bridgehead atoms. The first-order valence-corrected chi connectivity index (χ1v) is 9.46. The van der Waals surface area contributed by atoms with Crippen molar-refractivity contribution >= 4 is 54.3 Å². The van der Waals surface area contributed by atoms with Gasteiger partial charge in [0.1, 0.15) is 5.00 Å². The summed E-state index contributed by atoms with van der Waals surface area (Å²) in [6.07, 6.45) is 1.98. The first-order chi connectivity index (χ1) is 10.9. The molecule has 0 spiro atoms. The normalized spacial score (nSPS) is 11.6. The Kier molecular flexibility index (Phi) is 2.73. The third kappa shape index (κ3) is 1.73. The summed E-state index contributed by atoms with van der Waals surface area (Å²) in [6.45, 7) is 0. The molecule has 0 fully saturated rings. The lowest BCUT2D eigenvalue weighted by Gasteiger charge is -2.03. The van der Waals surface area contributed by atoms with Gasteiger partial charge in [-0.15, -0.1) is 34.0 Å². The zero-order valence-electron chi connectivity index (χ0n) is 11.4. The zero-order valence-corrected chi connectivity index (χ0v) is 13.8. The highest BCUT2D eigenvalue weighted by molar-refractivity contribution is 7.25. The summed E-state index contributed by atoms with van der Waals surface area (Å²) in [6, 6.07) is 15.0. The standard InChI is InChI=1S/C17H10N2S3/c1-2-5-14-11(4-1)16-15(22-14)10-18-19(16)17-12(7-9-21-17)13-6-3-8-20-13/h1-10H. The van der Waals surface area contributed by atoms with Crippen LogP contribution in [-0.4, -0.2) is 9.78 Å². The lowest BCUT2D eigenvalue weighted by atomic mass is 10.2. The number of hydrogen-bond donors (Lipinski definition) is 0. The van der Waals surface area contributed by atoms with E-state index in [0.29, 0.717) is 0 Å². The molecule has 5 heteroatoms. The number of aromatic nitrogens is 2. The Morgan fingerprint density at radius 2 is 1.82 bits per heavy atom. The fourth-order valence-electron chi connectivity index (χ4n) is 2.76. The first-order valence-electron chi connectivity index (χ1n) is 6.89. The number of hydrogen-bond acceptors (Lipinski definition) is 4. The quantitative estimate of drug-likeness (QED) is 0.384. The number of thiophene rings is 3. The fourth-order valence-corrected chi connectivity index (χ4v) is 5.51. The van der Waals surface area contributed by atoms with Crippen molar-refractivity contribution in [2.45, 2.75) is 0 Å². The number of benzene rings is 1. The summed E-state index contributed by atoms with van der Waals surface area (Å²) >= 11 is 5.32. The van der Waals surface area contributed by atoms with Crippen molar-refractivity contribution < 1.29 is 0 Å². The Bertz CT molecular complexity index is 1080. The predicted octanol–water partition coefficient (Wildman–Crippen LogP) is 6.03. The van der Waals surface area contributed by atoms with Crippen LogP contribution in [0.2, 0.25) is 0 Å². The summed E-state index contributed by atoms with van der Waals surface area (Å²) in [5, 5.41) is 11.4. The summed E-state index contributed by atoms with van der Waals surface area (Å²) in [5.74, 6) is 0. The van der Waals surface area contributed by atoms with Gasteiger partial charge in [-0.1, -0.05) is 24.3 Å². The molecule has 0 atom stereocenters. The van der Waals surface area contributed by atoms with E-state index in [0.717, 1.165) is 0 Å². The van der Waals surface area contributed by atoms with Crippen LogP contribution in [0.3, 0.4) is 0 Å². The van der Waals surface area contributed by atoms with Crippen LogP contribution in [0, 0.1) is 0 Å². The van der Waals surface area contributed by atoms with E-state index in [4.69, 9.17) is 0 Å². The highest BCUT2D eigenvalue weighted by Crippen LogP contribution is 2.39. The van der Waals surface area contributed by atoms with Crippen molar-refractivity contribution in [2.24, 2.45) is 0 Å². The van der Waals surface area contributed by atoms with Crippen LogP contribution in [0.4, 0.5) is 0 Å². The predicted molar refractivity (Wildman–Crippen MR) is 97.6 cm³/mol. The lowest BCUT2D eigenvalue weighted by molar-refractivity contribution is 0.933. The molecule has 0 N–H and O–H groups in total. The monoisotopic (exact) mass is 338 g/mol. The molecule has 0 saturated carbocycles. The maximum Gasteiger partial charge on any atom is 0.126 e. The van der Waals surface area contributed by atoms with Gasteiger partial charge in [-0.25, -0.2) is 4.68 Å². The van der Waals surface area contributed by atoms with Crippen LogP contribution >= 0.6 is 34.0 Å². The topological polar surface area (TPSA) is 17.8 Å². The van der Waals surface area contributed by atoms with E-state index in [1.165, 1.54) is 35.7 Å². The van der Waals surface area contributed by atoms with Crippen molar-refractivity contribution in [3.05, 3.63) is 59.4 Å². The highest BCUT2D eigenvalue weighted by atomic mass is 32.1. The van der Waals surface area contributed by atoms with Gasteiger partial charge in [-0.2, -0.15) is 5.10 Å². The van der Waals surface area contributed by atoms with Crippen molar-refractivity contribution in [1.82, 2.24) is 9.78 Å². The molecule has 0 aliphatic rings. The summed E-state index contributed by atoms with van der Waals surface area (Å²) < 4.78 is 4.66. The molecule has 0 aliphatic heterocycles. The lowest BCUT2D eigenvalue weighted by Crippen LogP contribution is -1.94. The van der Waals surface area contributed by atoms with E-state index in [2.05, 4.69) is 63.0 Å². The minimum Gasteiger partial charge on any atom is -0.221 e. The second kappa shape index (κ2) is 4.78. The largest absolute Gasteiger partial charge is 0.221 e. The molecule has 0 unspecified atom stereocenters. The Labute approximate surface area is 138 Å². The van der Waals surface area contributed by atoms with Crippen molar-refractivity contribution in [3.8, 4) is 15.4 Å². The Morgan fingerprint density at radius 1 is 0.864 bits per heavy atom. The molecule has 5 aromatic rings. The molecule has 0 radical (unpaired) electrons. The van der Waals surface area contributed by atoms with Crippen LogP contribution in [0.5, 0.6) is 0 Å². The van der Waals surface area contributed by atoms with E-state index in [1.807, 2.05) is 17.5 Å². The molecule has 0 saturated heterocycles. The Morgan fingerprint density at radius 3 is 2.73 bits per heavy atom. The van der Waals surface area contributed by atoms with Gasteiger partial charge in [-0.3, -0.25) is 0 Å². The smallest absolute Gasteiger partial charge is 0.126 e. The highest BCUT2D eigenvalue weighted by Gasteiger charge is 2.16. The van der Waals surface area contributed by atoms with Crippen LogP contribution in [0.1, 0.15) is 0 Å². The van der Waals surface area contributed by atoms with E-state index >= 15 is 0 Å². The molecule has 0 aliphatic carbocycles. The molecule has 106 valence electrons. The van der Waals surface area contributed by atoms with E-state index in [1.54, 1.807) is 22.7 Å². The maximum atomic E-state index is 4.66.